The summed E-state index contributed by atoms with van der Waals surface area (Å²) in [5.41, 5.74) is 0.833. The van der Waals surface area contributed by atoms with Gasteiger partial charge in [-0.25, -0.2) is 4.79 Å². The van der Waals surface area contributed by atoms with Crippen LogP contribution in [-0.4, -0.2) is 24.0 Å². The van der Waals surface area contributed by atoms with Crippen LogP contribution < -0.4 is 5.32 Å². The molecule has 0 saturated carbocycles. The van der Waals surface area contributed by atoms with Crippen molar-refractivity contribution in [2.45, 2.75) is 19.3 Å². The third kappa shape index (κ3) is 2.66. The number of fused-ring (bicyclic) bond motifs is 1. The van der Waals surface area contributed by atoms with Gasteiger partial charge in [-0.2, -0.15) is 0 Å². The Kier molecular flexibility index (Phi) is 3.92. The molecular formula is C16H17BrN2O. The molecule has 3 nitrogen and oxygen atoms in total. The van der Waals surface area contributed by atoms with Gasteiger partial charge in [-0.15, -0.1) is 0 Å². The molecule has 0 atom stereocenters. The van der Waals surface area contributed by atoms with Crippen LogP contribution in [0.4, 0.5) is 10.5 Å². The third-order valence-electron chi connectivity index (χ3n) is 3.75. The Morgan fingerprint density at radius 2 is 1.80 bits per heavy atom. The van der Waals surface area contributed by atoms with Crippen LogP contribution in [0, 0.1) is 0 Å². The molecule has 1 N–H and O–H groups in total. The highest BCUT2D eigenvalue weighted by Gasteiger charge is 2.17. The van der Waals surface area contributed by atoms with Crippen LogP contribution in [0.3, 0.4) is 0 Å². The molecule has 0 aromatic heterocycles. The van der Waals surface area contributed by atoms with Crippen molar-refractivity contribution < 1.29 is 4.79 Å². The van der Waals surface area contributed by atoms with Gasteiger partial charge < -0.3 is 10.2 Å². The monoisotopic (exact) mass is 332 g/mol. The lowest BCUT2D eigenvalue weighted by atomic mass is 10.1. The standard InChI is InChI=1S/C16H17BrN2O/c17-15-13-7-3-2-6-12(13)8-9-14(15)18-16(20)19-10-4-1-5-11-19/h2-3,6-9H,1,4-5,10-11H2,(H,18,20). The number of nitrogens with one attached hydrogen (secondary N) is 1. The SMILES string of the molecule is O=C(Nc1ccc2ccccc2c1Br)N1CCCCC1. The van der Waals surface area contributed by atoms with Gasteiger partial charge in [0.1, 0.15) is 0 Å². The first kappa shape index (κ1) is 13.4. The van der Waals surface area contributed by atoms with E-state index in [1.165, 1.54) is 6.42 Å². The number of hydrogen-bond donors (Lipinski definition) is 1. The number of anilines is 1. The van der Waals surface area contributed by atoms with Crippen molar-refractivity contribution in [2.24, 2.45) is 0 Å². The van der Waals surface area contributed by atoms with Crippen molar-refractivity contribution in [3.63, 3.8) is 0 Å². The minimum atomic E-state index is 0.000631. The van der Waals surface area contributed by atoms with Gasteiger partial charge in [0.15, 0.2) is 0 Å². The zero-order chi connectivity index (χ0) is 13.9. The quantitative estimate of drug-likeness (QED) is 0.811. The first-order chi connectivity index (χ1) is 9.75. The Bertz CT molecular complexity index is 635. The van der Waals surface area contributed by atoms with E-state index >= 15 is 0 Å². The van der Waals surface area contributed by atoms with E-state index in [-0.39, 0.29) is 6.03 Å². The fourth-order valence-electron chi connectivity index (χ4n) is 2.62. The number of urea groups is 1. The van der Waals surface area contributed by atoms with Gasteiger partial charge in [0.2, 0.25) is 0 Å². The lowest BCUT2D eigenvalue weighted by Gasteiger charge is -2.27. The van der Waals surface area contributed by atoms with Crippen LogP contribution in [0.15, 0.2) is 40.9 Å². The number of nitrogens with zero attached hydrogens (tertiary/aromatic N) is 1. The molecule has 104 valence electrons. The van der Waals surface area contributed by atoms with Crippen molar-refractivity contribution >= 4 is 38.4 Å². The normalized spacial score (nSPS) is 15.3. The number of amides is 2. The van der Waals surface area contributed by atoms with E-state index in [9.17, 15) is 4.79 Å². The fourth-order valence-corrected chi connectivity index (χ4v) is 3.21. The molecule has 0 spiro atoms. The molecule has 0 bridgehead atoms. The molecule has 2 amide bonds. The van der Waals surface area contributed by atoms with Crippen LogP contribution in [0.2, 0.25) is 0 Å². The molecule has 1 saturated heterocycles. The summed E-state index contributed by atoms with van der Waals surface area (Å²) in [6, 6.07) is 12.1. The van der Waals surface area contributed by atoms with E-state index in [1.54, 1.807) is 0 Å². The summed E-state index contributed by atoms with van der Waals surface area (Å²) in [6.07, 6.45) is 3.43. The van der Waals surface area contributed by atoms with Gasteiger partial charge >= 0.3 is 6.03 Å². The molecule has 2 aromatic carbocycles. The summed E-state index contributed by atoms with van der Waals surface area (Å²) >= 11 is 3.60. The molecule has 1 fully saturated rings. The lowest BCUT2D eigenvalue weighted by Crippen LogP contribution is -2.38. The summed E-state index contributed by atoms with van der Waals surface area (Å²) < 4.78 is 0.945. The second kappa shape index (κ2) is 5.83. The predicted molar refractivity (Wildman–Crippen MR) is 86.1 cm³/mol. The number of likely N-dealkylation sites (tertiary alicyclic amines) is 1. The highest BCUT2D eigenvalue weighted by Crippen LogP contribution is 2.31. The van der Waals surface area contributed by atoms with Crippen LogP contribution in [0.25, 0.3) is 10.8 Å². The number of hydrogen-bond acceptors (Lipinski definition) is 1. The van der Waals surface area contributed by atoms with Crippen LogP contribution in [-0.2, 0) is 0 Å². The third-order valence-corrected chi connectivity index (χ3v) is 4.60. The number of halogens is 1. The Hall–Kier alpha value is -1.55. The van der Waals surface area contributed by atoms with Gasteiger partial charge in [-0.1, -0.05) is 30.3 Å². The van der Waals surface area contributed by atoms with Crippen molar-refractivity contribution in [3.8, 4) is 0 Å². The minimum absolute atomic E-state index is 0.000631. The van der Waals surface area contributed by atoms with E-state index in [2.05, 4.69) is 33.4 Å². The maximum atomic E-state index is 12.2. The van der Waals surface area contributed by atoms with Crippen molar-refractivity contribution in [1.29, 1.82) is 0 Å². The molecule has 2 aromatic rings. The zero-order valence-corrected chi connectivity index (χ0v) is 12.8. The van der Waals surface area contributed by atoms with Crippen molar-refractivity contribution in [3.05, 3.63) is 40.9 Å². The van der Waals surface area contributed by atoms with E-state index in [4.69, 9.17) is 0 Å². The molecule has 1 aliphatic heterocycles. The Morgan fingerprint density at radius 3 is 2.60 bits per heavy atom. The van der Waals surface area contributed by atoms with Crippen molar-refractivity contribution in [1.82, 2.24) is 4.90 Å². The first-order valence-corrected chi connectivity index (χ1v) is 7.78. The number of carbonyl (C=O) groups excluding carboxylic acids is 1. The molecule has 1 aliphatic rings. The molecular weight excluding hydrogens is 316 g/mol. The number of carbonyl (C=O) groups is 1. The molecule has 20 heavy (non-hydrogen) atoms. The summed E-state index contributed by atoms with van der Waals surface area (Å²) in [6.45, 7) is 1.72. The maximum absolute atomic E-state index is 12.2. The zero-order valence-electron chi connectivity index (χ0n) is 11.2. The molecule has 0 aliphatic carbocycles. The average Bonchev–Trinajstić information content (AvgIpc) is 2.51. The van der Waals surface area contributed by atoms with Gasteiger partial charge in [0.25, 0.3) is 0 Å². The second-order valence-corrected chi connectivity index (χ2v) is 5.92. The Labute approximate surface area is 127 Å². The van der Waals surface area contributed by atoms with Gasteiger partial charge in [-0.05, 0) is 52.0 Å². The van der Waals surface area contributed by atoms with Gasteiger partial charge in [0.05, 0.1) is 5.69 Å². The lowest BCUT2D eigenvalue weighted by molar-refractivity contribution is 0.200. The predicted octanol–water partition coefficient (Wildman–Crippen LogP) is 4.62. The first-order valence-electron chi connectivity index (χ1n) is 6.99. The topological polar surface area (TPSA) is 32.3 Å². The molecule has 0 radical (unpaired) electrons. The van der Waals surface area contributed by atoms with E-state index in [0.29, 0.717) is 0 Å². The van der Waals surface area contributed by atoms with Crippen LogP contribution in [0.5, 0.6) is 0 Å². The molecule has 1 heterocycles. The average molecular weight is 333 g/mol. The van der Waals surface area contributed by atoms with Gasteiger partial charge in [-0.3, -0.25) is 0 Å². The highest BCUT2D eigenvalue weighted by atomic mass is 79.9. The number of rotatable bonds is 1. The van der Waals surface area contributed by atoms with Crippen molar-refractivity contribution in [2.75, 3.05) is 18.4 Å². The molecule has 0 unspecified atom stereocenters. The number of benzene rings is 2. The van der Waals surface area contributed by atoms with E-state index in [0.717, 1.165) is 46.9 Å². The molecule has 4 heteroatoms. The minimum Gasteiger partial charge on any atom is -0.325 e. The summed E-state index contributed by atoms with van der Waals surface area (Å²) in [5, 5.41) is 5.29. The molecule has 3 rings (SSSR count). The highest BCUT2D eigenvalue weighted by molar-refractivity contribution is 9.10. The number of piperidine rings is 1. The van der Waals surface area contributed by atoms with E-state index in [1.807, 2.05) is 29.2 Å². The maximum Gasteiger partial charge on any atom is 0.321 e. The summed E-state index contributed by atoms with van der Waals surface area (Å²) in [7, 11) is 0. The Morgan fingerprint density at radius 1 is 1.05 bits per heavy atom. The van der Waals surface area contributed by atoms with Crippen LogP contribution in [0.1, 0.15) is 19.3 Å². The van der Waals surface area contributed by atoms with Crippen LogP contribution >= 0.6 is 15.9 Å². The van der Waals surface area contributed by atoms with E-state index < -0.39 is 0 Å². The summed E-state index contributed by atoms with van der Waals surface area (Å²) in [4.78, 5) is 14.1. The van der Waals surface area contributed by atoms with Gasteiger partial charge in [0, 0.05) is 17.6 Å². The smallest absolute Gasteiger partial charge is 0.321 e. The summed E-state index contributed by atoms with van der Waals surface area (Å²) in [5.74, 6) is 0. The Balaban J connectivity index is 1.83. The second-order valence-electron chi connectivity index (χ2n) is 5.13. The fraction of sp³-hybridized carbons (Fsp3) is 0.312. The largest absolute Gasteiger partial charge is 0.325 e.